The molecule has 0 aliphatic rings. The minimum absolute atomic E-state index is 0.0887. The van der Waals surface area contributed by atoms with Crippen LogP contribution >= 0.6 is 0 Å². The molecule has 1 aromatic carbocycles. The number of rotatable bonds is 4. The van der Waals surface area contributed by atoms with Gasteiger partial charge in [0.2, 0.25) is 5.91 Å². The molecule has 86 valence electrons. The fourth-order valence-electron chi connectivity index (χ4n) is 1.52. The second kappa shape index (κ2) is 5.47. The van der Waals surface area contributed by atoms with Crippen LogP contribution in [0.4, 0.5) is 0 Å². The molecule has 0 heterocycles. The molecule has 0 saturated heterocycles. The Hall–Kier alpha value is -1.61. The Morgan fingerprint density at radius 1 is 1.44 bits per heavy atom. The highest BCUT2D eigenvalue weighted by molar-refractivity contribution is 5.83. The molecule has 0 saturated carbocycles. The van der Waals surface area contributed by atoms with E-state index in [0.717, 1.165) is 11.1 Å². The Kier molecular flexibility index (Phi) is 4.26. The van der Waals surface area contributed by atoms with Gasteiger partial charge in [-0.15, -0.1) is 0 Å². The van der Waals surface area contributed by atoms with Crippen LogP contribution in [0.5, 0.6) is 0 Å². The summed E-state index contributed by atoms with van der Waals surface area (Å²) in [6, 6.07) is 8.78. The van der Waals surface area contributed by atoms with E-state index in [1.54, 1.807) is 11.9 Å². The standard InChI is InChI=1S/C13H18N2O/c1-10(2)9-15(3)13(16)12(14)11-7-5-4-6-8-11/h4-8,12H,1,9,14H2,2-3H3/t12-/m1/s1. The lowest BCUT2D eigenvalue weighted by atomic mass is 10.1. The molecule has 1 aromatic rings. The number of hydrogen-bond acceptors (Lipinski definition) is 2. The average Bonchev–Trinajstić information content (AvgIpc) is 2.27. The van der Waals surface area contributed by atoms with Gasteiger partial charge in [0, 0.05) is 13.6 Å². The van der Waals surface area contributed by atoms with E-state index in [-0.39, 0.29) is 5.91 Å². The lowest BCUT2D eigenvalue weighted by molar-refractivity contribution is -0.131. The first-order valence-electron chi connectivity index (χ1n) is 5.22. The third-order valence-corrected chi connectivity index (χ3v) is 2.31. The highest BCUT2D eigenvalue weighted by atomic mass is 16.2. The molecule has 1 rings (SSSR count). The normalized spacial score (nSPS) is 11.9. The molecule has 0 radical (unpaired) electrons. The molecular formula is C13H18N2O. The van der Waals surface area contributed by atoms with E-state index in [4.69, 9.17) is 5.73 Å². The molecule has 3 heteroatoms. The number of nitrogens with two attached hydrogens (primary N) is 1. The van der Waals surface area contributed by atoms with Gasteiger partial charge in [-0.3, -0.25) is 4.79 Å². The molecule has 3 nitrogen and oxygen atoms in total. The number of likely N-dealkylation sites (N-methyl/N-ethyl adjacent to an activating group) is 1. The van der Waals surface area contributed by atoms with Gasteiger partial charge in [0.25, 0.3) is 0 Å². The van der Waals surface area contributed by atoms with E-state index in [2.05, 4.69) is 6.58 Å². The molecule has 0 aromatic heterocycles. The summed E-state index contributed by atoms with van der Waals surface area (Å²) in [6.45, 7) is 6.20. The number of amides is 1. The minimum Gasteiger partial charge on any atom is -0.340 e. The van der Waals surface area contributed by atoms with Crippen LogP contribution in [0.1, 0.15) is 18.5 Å². The van der Waals surface area contributed by atoms with Crippen molar-refractivity contribution in [3.05, 3.63) is 48.0 Å². The summed E-state index contributed by atoms with van der Waals surface area (Å²) in [5, 5.41) is 0. The summed E-state index contributed by atoms with van der Waals surface area (Å²) in [6.07, 6.45) is 0. The van der Waals surface area contributed by atoms with Gasteiger partial charge in [-0.05, 0) is 12.5 Å². The SMILES string of the molecule is C=C(C)CN(C)C(=O)[C@H](N)c1ccccc1. The van der Waals surface area contributed by atoms with Gasteiger partial charge in [-0.1, -0.05) is 42.5 Å². The summed E-state index contributed by atoms with van der Waals surface area (Å²) >= 11 is 0. The zero-order chi connectivity index (χ0) is 12.1. The average molecular weight is 218 g/mol. The van der Waals surface area contributed by atoms with Crippen molar-refractivity contribution in [3.8, 4) is 0 Å². The van der Waals surface area contributed by atoms with E-state index in [9.17, 15) is 4.79 Å². The first-order chi connectivity index (χ1) is 7.52. The molecule has 16 heavy (non-hydrogen) atoms. The van der Waals surface area contributed by atoms with E-state index < -0.39 is 6.04 Å². The Morgan fingerprint density at radius 2 is 2.00 bits per heavy atom. The van der Waals surface area contributed by atoms with E-state index in [1.807, 2.05) is 37.3 Å². The van der Waals surface area contributed by atoms with E-state index in [0.29, 0.717) is 6.54 Å². The van der Waals surface area contributed by atoms with Crippen molar-refractivity contribution in [2.24, 2.45) is 5.73 Å². The third kappa shape index (κ3) is 3.21. The Bertz CT molecular complexity index is 373. The zero-order valence-electron chi connectivity index (χ0n) is 9.81. The van der Waals surface area contributed by atoms with Crippen molar-refractivity contribution in [1.29, 1.82) is 0 Å². The number of carbonyl (C=O) groups excluding carboxylic acids is 1. The van der Waals surface area contributed by atoms with Crippen LogP contribution in [0.15, 0.2) is 42.5 Å². The van der Waals surface area contributed by atoms with Gasteiger partial charge < -0.3 is 10.6 Å². The summed E-state index contributed by atoms with van der Waals surface area (Å²) in [5.41, 5.74) is 7.67. The highest BCUT2D eigenvalue weighted by Gasteiger charge is 2.19. The predicted octanol–water partition coefficient (Wildman–Crippen LogP) is 1.72. The zero-order valence-corrected chi connectivity index (χ0v) is 9.81. The molecule has 1 amide bonds. The topological polar surface area (TPSA) is 46.3 Å². The summed E-state index contributed by atoms with van der Waals surface area (Å²) in [4.78, 5) is 13.5. The van der Waals surface area contributed by atoms with Crippen LogP contribution in [0.25, 0.3) is 0 Å². The van der Waals surface area contributed by atoms with Crippen molar-refractivity contribution in [2.75, 3.05) is 13.6 Å². The first kappa shape index (κ1) is 12.5. The van der Waals surface area contributed by atoms with Crippen molar-refractivity contribution in [2.45, 2.75) is 13.0 Å². The maximum atomic E-state index is 11.9. The largest absolute Gasteiger partial charge is 0.340 e. The monoisotopic (exact) mass is 218 g/mol. The first-order valence-corrected chi connectivity index (χ1v) is 5.22. The van der Waals surface area contributed by atoms with Crippen molar-refractivity contribution >= 4 is 5.91 Å². The van der Waals surface area contributed by atoms with Gasteiger partial charge in [0.15, 0.2) is 0 Å². The maximum Gasteiger partial charge on any atom is 0.244 e. The Morgan fingerprint density at radius 3 is 2.50 bits per heavy atom. The molecule has 0 unspecified atom stereocenters. The number of carbonyl (C=O) groups is 1. The molecule has 0 bridgehead atoms. The van der Waals surface area contributed by atoms with Crippen LogP contribution in [0, 0.1) is 0 Å². The summed E-state index contributed by atoms with van der Waals surface area (Å²) < 4.78 is 0. The van der Waals surface area contributed by atoms with Crippen molar-refractivity contribution in [1.82, 2.24) is 4.90 Å². The summed E-state index contributed by atoms with van der Waals surface area (Å²) in [5.74, 6) is -0.0887. The minimum atomic E-state index is -0.592. The van der Waals surface area contributed by atoms with Gasteiger partial charge in [-0.25, -0.2) is 0 Å². The highest BCUT2D eigenvalue weighted by Crippen LogP contribution is 2.12. The lowest BCUT2D eigenvalue weighted by Crippen LogP contribution is -2.36. The lowest BCUT2D eigenvalue weighted by Gasteiger charge is -2.21. The number of benzene rings is 1. The van der Waals surface area contributed by atoms with Crippen molar-refractivity contribution < 1.29 is 4.79 Å². The van der Waals surface area contributed by atoms with Crippen LogP contribution in [-0.4, -0.2) is 24.4 Å². The van der Waals surface area contributed by atoms with Gasteiger partial charge >= 0.3 is 0 Å². The van der Waals surface area contributed by atoms with Gasteiger partial charge in [-0.2, -0.15) is 0 Å². The quantitative estimate of drug-likeness (QED) is 0.782. The molecule has 2 N–H and O–H groups in total. The van der Waals surface area contributed by atoms with Gasteiger partial charge in [0.05, 0.1) is 0 Å². The Balaban J connectivity index is 2.71. The van der Waals surface area contributed by atoms with Crippen LogP contribution in [0.3, 0.4) is 0 Å². The number of nitrogens with zero attached hydrogens (tertiary/aromatic N) is 1. The van der Waals surface area contributed by atoms with Crippen molar-refractivity contribution in [3.63, 3.8) is 0 Å². The molecular weight excluding hydrogens is 200 g/mol. The van der Waals surface area contributed by atoms with E-state index >= 15 is 0 Å². The second-order valence-electron chi connectivity index (χ2n) is 4.04. The van der Waals surface area contributed by atoms with Crippen LogP contribution < -0.4 is 5.73 Å². The summed E-state index contributed by atoms with van der Waals surface area (Å²) in [7, 11) is 1.74. The third-order valence-electron chi connectivity index (χ3n) is 2.31. The molecule has 0 aliphatic heterocycles. The fraction of sp³-hybridized carbons (Fsp3) is 0.308. The number of hydrogen-bond donors (Lipinski definition) is 1. The molecule has 0 fully saturated rings. The molecule has 0 spiro atoms. The predicted molar refractivity (Wildman–Crippen MR) is 65.8 cm³/mol. The van der Waals surface area contributed by atoms with Gasteiger partial charge in [0.1, 0.15) is 6.04 Å². The smallest absolute Gasteiger partial charge is 0.244 e. The van der Waals surface area contributed by atoms with Crippen LogP contribution in [0.2, 0.25) is 0 Å². The molecule has 1 atom stereocenters. The fourth-order valence-corrected chi connectivity index (χ4v) is 1.52. The Labute approximate surface area is 96.6 Å². The maximum absolute atomic E-state index is 11.9. The second-order valence-corrected chi connectivity index (χ2v) is 4.04. The molecule has 0 aliphatic carbocycles. The van der Waals surface area contributed by atoms with Crippen LogP contribution in [-0.2, 0) is 4.79 Å². The van der Waals surface area contributed by atoms with E-state index in [1.165, 1.54) is 0 Å².